The van der Waals surface area contributed by atoms with Crippen LogP contribution in [0.15, 0.2) is 47.5 Å². The van der Waals surface area contributed by atoms with Crippen molar-refractivity contribution in [2.45, 2.75) is 83.2 Å². The predicted octanol–water partition coefficient (Wildman–Crippen LogP) is 5.34. The number of piperidine rings is 2. The van der Waals surface area contributed by atoms with Crippen LogP contribution < -0.4 is 36.5 Å². The van der Waals surface area contributed by atoms with Crippen molar-refractivity contribution in [1.82, 2.24) is 39.9 Å². The van der Waals surface area contributed by atoms with Gasteiger partial charge >= 0.3 is 0 Å². The second kappa shape index (κ2) is 15.9. The minimum absolute atomic E-state index is 0.0600. The van der Waals surface area contributed by atoms with E-state index in [1.165, 1.54) is 7.05 Å². The van der Waals surface area contributed by atoms with E-state index in [1.54, 1.807) is 23.0 Å². The summed E-state index contributed by atoms with van der Waals surface area (Å²) in [5.41, 5.74) is 3.75. The highest BCUT2D eigenvalue weighted by Crippen LogP contribution is 2.46. The zero-order valence-corrected chi connectivity index (χ0v) is 33.9. The standard InChI is InChI=1S/C41H48ClN11O5/c1-23(2)53-37-24(18-32(39(53)57)58-22-34(55)43-3)17-27(20-44-37)47-36-30(42)21-45-40(49-36)52-15-13-41(14-16-52)11-9-25(10-12-41)46-26-5-6-28-31(19-26)51(4)50-35(28)29-7-8-33(54)48-38(29)56/h5-6,17-21,23,25,29,46H,7-16,22H2,1-4H3,(H,43,55)(H,45,47,49)(H,48,54,56). The molecule has 0 radical (unpaired) electrons. The number of halogens is 1. The van der Waals surface area contributed by atoms with Gasteiger partial charge in [-0.15, -0.1) is 0 Å². The van der Waals surface area contributed by atoms with Gasteiger partial charge in [-0.2, -0.15) is 10.1 Å². The van der Waals surface area contributed by atoms with Crippen LogP contribution in [-0.2, 0) is 21.4 Å². The summed E-state index contributed by atoms with van der Waals surface area (Å²) in [5, 5.41) is 18.7. The molecule has 0 bridgehead atoms. The summed E-state index contributed by atoms with van der Waals surface area (Å²) in [6.45, 7) is 5.18. The van der Waals surface area contributed by atoms with E-state index in [2.05, 4.69) is 48.3 Å². The molecule has 4 aromatic heterocycles. The SMILES string of the molecule is CNC(=O)COc1cc2cc(Nc3nc(N4CCC5(CCC(Nc6ccc7c(C8CCC(=O)NC8=O)nn(C)c7c6)CC5)CC4)ncc3Cl)cnc2n(C(C)C)c1=O. The van der Waals surface area contributed by atoms with Crippen LogP contribution >= 0.6 is 11.6 Å². The zero-order valence-electron chi connectivity index (χ0n) is 33.1. The molecular weight excluding hydrogens is 762 g/mol. The molecule has 3 amide bonds. The van der Waals surface area contributed by atoms with Gasteiger partial charge in [-0.3, -0.25) is 33.7 Å². The molecule has 3 aliphatic rings. The third-order valence-electron chi connectivity index (χ3n) is 12.0. The van der Waals surface area contributed by atoms with Gasteiger partial charge in [0.2, 0.25) is 17.8 Å². The largest absolute Gasteiger partial charge is 0.478 e. The van der Waals surface area contributed by atoms with Gasteiger partial charge in [0.15, 0.2) is 18.2 Å². The van der Waals surface area contributed by atoms with Crippen molar-refractivity contribution in [1.29, 1.82) is 0 Å². The summed E-state index contributed by atoms with van der Waals surface area (Å²) in [7, 11) is 3.40. The average Bonchev–Trinajstić information content (AvgIpc) is 3.53. The summed E-state index contributed by atoms with van der Waals surface area (Å²) < 4.78 is 8.97. The van der Waals surface area contributed by atoms with Gasteiger partial charge in [0, 0.05) is 62.1 Å². The molecule has 17 heteroatoms. The Balaban J connectivity index is 0.892. The highest BCUT2D eigenvalue weighted by atomic mass is 35.5. The third kappa shape index (κ3) is 7.76. The van der Waals surface area contributed by atoms with Crippen molar-refractivity contribution >= 4 is 74.4 Å². The van der Waals surface area contributed by atoms with Gasteiger partial charge in [0.05, 0.1) is 35.2 Å². The maximum Gasteiger partial charge on any atom is 0.294 e. The molecule has 8 rings (SSSR count). The van der Waals surface area contributed by atoms with Crippen LogP contribution in [0, 0.1) is 5.41 Å². The van der Waals surface area contributed by atoms with Crippen molar-refractivity contribution in [2.24, 2.45) is 12.5 Å². The Labute approximate surface area is 340 Å². The fraction of sp³-hybridized carbons (Fsp3) is 0.463. The molecule has 1 spiro atoms. The van der Waals surface area contributed by atoms with Crippen molar-refractivity contribution in [3.05, 3.63) is 63.8 Å². The number of aryl methyl sites for hydroxylation is 1. The number of aromatic nitrogens is 6. The van der Waals surface area contributed by atoms with E-state index in [0.717, 1.165) is 73.9 Å². The number of fused-ring (bicyclic) bond motifs is 2. The summed E-state index contributed by atoms with van der Waals surface area (Å²) >= 11 is 6.60. The number of likely N-dealkylation sites (N-methyl/N-ethyl adjacent to an activating group) is 1. The first-order chi connectivity index (χ1) is 27.9. The molecule has 1 atom stereocenters. The number of ether oxygens (including phenoxy) is 1. The number of pyridine rings is 2. The van der Waals surface area contributed by atoms with E-state index in [4.69, 9.17) is 26.4 Å². The van der Waals surface area contributed by atoms with Gasteiger partial charge in [0.1, 0.15) is 10.7 Å². The number of nitrogens with zero attached hydrogens (tertiary/aromatic N) is 7. The molecule has 304 valence electrons. The van der Waals surface area contributed by atoms with Crippen LogP contribution in [0.2, 0.25) is 5.02 Å². The monoisotopic (exact) mass is 809 g/mol. The Kier molecular flexibility index (Phi) is 10.7. The quantitative estimate of drug-likeness (QED) is 0.133. The molecule has 2 aliphatic heterocycles. The Hall–Kier alpha value is -5.77. The smallest absolute Gasteiger partial charge is 0.294 e. The van der Waals surface area contributed by atoms with Gasteiger partial charge in [-0.05, 0) is 94.5 Å². The van der Waals surface area contributed by atoms with Gasteiger partial charge in [-0.1, -0.05) is 11.6 Å². The highest BCUT2D eigenvalue weighted by Gasteiger charge is 2.39. The summed E-state index contributed by atoms with van der Waals surface area (Å²) in [4.78, 5) is 65.5. The number of imide groups is 1. The number of hydrogen-bond donors (Lipinski definition) is 4. The molecule has 2 saturated heterocycles. The number of rotatable bonds is 10. The summed E-state index contributed by atoms with van der Waals surface area (Å²) in [6.07, 6.45) is 10.6. The maximum absolute atomic E-state index is 13.2. The topological polar surface area (TPSA) is 190 Å². The number of carbonyl (C=O) groups is 3. The number of carbonyl (C=O) groups excluding carboxylic acids is 3. The normalized spacial score (nSPS) is 18.5. The van der Waals surface area contributed by atoms with Gasteiger partial charge < -0.3 is 25.6 Å². The van der Waals surface area contributed by atoms with E-state index in [-0.39, 0.29) is 47.1 Å². The van der Waals surface area contributed by atoms with Crippen LogP contribution in [0.4, 0.5) is 23.1 Å². The Morgan fingerprint density at radius 3 is 2.52 bits per heavy atom. The average molecular weight is 810 g/mol. The Morgan fingerprint density at radius 1 is 1.02 bits per heavy atom. The molecule has 1 aromatic carbocycles. The molecule has 3 fully saturated rings. The first-order valence-electron chi connectivity index (χ1n) is 19.9. The molecular formula is C41H48ClN11O5. The maximum atomic E-state index is 13.2. The molecule has 1 aliphatic carbocycles. The first-order valence-corrected chi connectivity index (χ1v) is 20.3. The van der Waals surface area contributed by atoms with E-state index in [9.17, 15) is 19.2 Å². The second-order valence-electron chi connectivity index (χ2n) is 16.0. The fourth-order valence-corrected chi connectivity index (χ4v) is 8.82. The lowest BCUT2D eigenvalue weighted by molar-refractivity contribution is -0.134. The molecule has 6 heterocycles. The van der Waals surface area contributed by atoms with Crippen LogP contribution in [-0.4, -0.2) is 79.8 Å². The lowest BCUT2D eigenvalue weighted by Gasteiger charge is -2.46. The van der Waals surface area contributed by atoms with E-state index in [1.807, 2.05) is 37.7 Å². The molecule has 58 heavy (non-hydrogen) atoms. The predicted molar refractivity (Wildman–Crippen MR) is 222 cm³/mol. The minimum atomic E-state index is -0.424. The van der Waals surface area contributed by atoms with E-state index >= 15 is 0 Å². The van der Waals surface area contributed by atoms with Gasteiger partial charge in [0.25, 0.3) is 11.5 Å². The molecule has 4 N–H and O–H groups in total. The summed E-state index contributed by atoms with van der Waals surface area (Å²) in [6, 6.07) is 9.83. The molecule has 16 nitrogen and oxygen atoms in total. The third-order valence-corrected chi connectivity index (χ3v) is 12.2. The van der Waals surface area contributed by atoms with E-state index < -0.39 is 5.92 Å². The van der Waals surface area contributed by atoms with E-state index in [0.29, 0.717) is 52.4 Å². The number of amides is 3. The number of anilines is 4. The second-order valence-corrected chi connectivity index (χ2v) is 16.4. The van der Waals surface area contributed by atoms with Crippen LogP contribution in [0.5, 0.6) is 5.75 Å². The minimum Gasteiger partial charge on any atom is -0.478 e. The van der Waals surface area contributed by atoms with Gasteiger partial charge in [-0.25, -0.2) is 9.97 Å². The van der Waals surface area contributed by atoms with Crippen molar-refractivity contribution in [3.8, 4) is 5.75 Å². The number of nitrogens with one attached hydrogen (secondary N) is 4. The molecule has 1 unspecified atom stereocenters. The van der Waals surface area contributed by atoms with Crippen molar-refractivity contribution in [3.63, 3.8) is 0 Å². The lowest BCUT2D eigenvalue weighted by Crippen LogP contribution is -2.44. The number of hydrogen-bond acceptors (Lipinski definition) is 12. The van der Waals surface area contributed by atoms with Crippen molar-refractivity contribution in [2.75, 3.05) is 42.3 Å². The molecule has 5 aromatic rings. The van der Waals surface area contributed by atoms with Crippen LogP contribution in [0.1, 0.15) is 82.9 Å². The zero-order chi connectivity index (χ0) is 40.7. The van der Waals surface area contributed by atoms with Crippen LogP contribution in [0.25, 0.3) is 21.9 Å². The Morgan fingerprint density at radius 2 is 1.79 bits per heavy atom. The first kappa shape index (κ1) is 39.1. The fourth-order valence-electron chi connectivity index (χ4n) is 8.68. The van der Waals surface area contributed by atoms with Crippen LogP contribution in [0.3, 0.4) is 0 Å². The summed E-state index contributed by atoms with van der Waals surface area (Å²) in [5.74, 6) is -0.154. The Bertz CT molecular complexity index is 2460. The number of benzene rings is 1. The van der Waals surface area contributed by atoms with Crippen molar-refractivity contribution < 1.29 is 19.1 Å². The lowest BCUT2D eigenvalue weighted by atomic mass is 9.67. The molecule has 1 saturated carbocycles. The highest BCUT2D eigenvalue weighted by molar-refractivity contribution is 6.33.